The Kier molecular flexibility index (Phi) is 8.41. The number of carbonyl (C=O) groups excluding carboxylic acids is 1. The van der Waals surface area contributed by atoms with E-state index in [0.717, 1.165) is 49.9 Å². The van der Waals surface area contributed by atoms with E-state index in [1.807, 2.05) is 17.0 Å². The molecule has 1 saturated heterocycles. The number of carboxylic acid groups (broad SMARTS) is 1. The molecule has 1 unspecified atom stereocenters. The van der Waals surface area contributed by atoms with E-state index in [4.69, 9.17) is 18.6 Å². The maximum atomic E-state index is 13.2. The number of imidazole rings is 1. The smallest absolute Gasteiger partial charge is 0.480 e. The van der Waals surface area contributed by atoms with Crippen molar-refractivity contribution in [2.45, 2.75) is 108 Å². The lowest BCUT2D eigenvalue weighted by Crippen LogP contribution is -2.47. The zero-order valence-electron chi connectivity index (χ0n) is 25.7. The number of rotatable bonds is 8. The van der Waals surface area contributed by atoms with Crippen molar-refractivity contribution in [2.75, 3.05) is 13.1 Å². The monoisotopic (exact) mass is 606 g/mol. The molecule has 6 rings (SSSR count). The van der Waals surface area contributed by atoms with Gasteiger partial charge < -0.3 is 28.6 Å². The summed E-state index contributed by atoms with van der Waals surface area (Å²) >= 11 is 0. The molecule has 0 spiro atoms. The summed E-state index contributed by atoms with van der Waals surface area (Å²) in [6.07, 6.45) is 8.59. The van der Waals surface area contributed by atoms with E-state index >= 15 is 0 Å². The van der Waals surface area contributed by atoms with E-state index in [-0.39, 0.29) is 18.4 Å². The van der Waals surface area contributed by atoms with Crippen LogP contribution >= 0.6 is 0 Å². The van der Waals surface area contributed by atoms with Gasteiger partial charge in [0.2, 0.25) is 0 Å². The third kappa shape index (κ3) is 6.33. The fourth-order valence-electron chi connectivity index (χ4n) is 7.27. The van der Waals surface area contributed by atoms with E-state index in [9.17, 15) is 19.5 Å². The van der Waals surface area contributed by atoms with Gasteiger partial charge in [0, 0.05) is 48.8 Å². The van der Waals surface area contributed by atoms with Crippen LogP contribution in [0.15, 0.2) is 44.2 Å². The average molecular weight is 607 g/mol. The number of aliphatic carboxylic acids is 1. The van der Waals surface area contributed by atoms with E-state index in [1.54, 1.807) is 27.1 Å². The van der Waals surface area contributed by atoms with Gasteiger partial charge in [-0.05, 0) is 64.5 Å². The molecule has 1 aromatic carbocycles. The topological polar surface area (TPSA) is 140 Å². The zero-order chi connectivity index (χ0) is 31.0. The van der Waals surface area contributed by atoms with Gasteiger partial charge >= 0.3 is 17.9 Å². The number of para-hydroxylation sites is 1. The number of aryl methyl sites for hydroxylation is 1. The maximum Gasteiger partial charge on any atom is 0.519 e. The number of benzene rings is 1. The first-order valence-corrected chi connectivity index (χ1v) is 15.8. The lowest BCUT2D eigenvalue weighted by molar-refractivity contribution is -0.144. The lowest BCUT2D eigenvalue weighted by Gasteiger charge is -2.32. The van der Waals surface area contributed by atoms with Crippen molar-refractivity contribution in [3.63, 3.8) is 0 Å². The molecule has 3 aliphatic rings. The normalized spacial score (nSPS) is 20.5. The highest BCUT2D eigenvalue weighted by atomic mass is 16.6. The third-order valence-corrected chi connectivity index (χ3v) is 9.16. The second-order valence-corrected chi connectivity index (χ2v) is 13.4. The first-order valence-electron chi connectivity index (χ1n) is 15.8. The minimum absolute atomic E-state index is 0.0751. The Hall–Kier alpha value is -3.86. The summed E-state index contributed by atoms with van der Waals surface area (Å²) < 4.78 is 18.8. The van der Waals surface area contributed by atoms with Crippen molar-refractivity contribution in [2.24, 2.45) is 0 Å². The van der Waals surface area contributed by atoms with Crippen molar-refractivity contribution >= 4 is 12.1 Å². The van der Waals surface area contributed by atoms with Gasteiger partial charge in [-0.15, -0.1) is 0 Å². The number of likely N-dealkylation sites (tertiary alicyclic amines) is 1. The Morgan fingerprint density at radius 3 is 2.64 bits per heavy atom. The molecule has 0 radical (unpaired) electrons. The number of carboxylic acids is 1. The fourth-order valence-corrected chi connectivity index (χ4v) is 7.27. The minimum Gasteiger partial charge on any atom is -0.480 e. The number of aromatic nitrogens is 2. The lowest BCUT2D eigenvalue weighted by atomic mass is 9.83. The molecule has 44 heavy (non-hydrogen) atoms. The van der Waals surface area contributed by atoms with Gasteiger partial charge in [-0.2, -0.15) is 0 Å². The zero-order valence-corrected chi connectivity index (χ0v) is 25.7. The molecule has 3 aromatic rings. The number of carbonyl (C=O) groups is 2. The Labute approximate surface area is 256 Å². The quantitative estimate of drug-likeness (QED) is 0.365. The van der Waals surface area contributed by atoms with Gasteiger partial charge in [-0.25, -0.2) is 14.6 Å². The minimum atomic E-state index is -0.990. The fraction of sp³-hybridized carbons (Fsp3) is 0.576. The van der Waals surface area contributed by atoms with Crippen LogP contribution in [0, 0.1) is 0 Å². The van der Waals surface area contributed by atoms with Crippen LogP contribution < -0.4 is 11.1 Å². The first kappa shape index (κ1) is 30.2. The third-order valence-electron chi connectivity index (χ3n) is 9.16. The van der Waals surface area contributed by atoms with Crippen LogP contribution in [0.1, 0.15) is 99.6 Å². The molecular formula is C33H42N4O7. The molecule has 1 amide bonds. The van der Waals surface area contributed by atoms with E-state index < -0.39 is 35.4 Å². The molecule has 3 atom stereocenters. The second kappa shape index (κ2) is 12.3. The molecule has 1 saturated carbocycles. The number of ether oxygens (including phenoxy) is 1. The molecule has 4 heterocycles. The molecule has 11 nitrogen and oxygen atoms in total. The van der Waals surface area contributed by atoms with E-state index in [0.29, 0.717) is 43.1 Å². The van der Waals surface area contributed by atoms with Crippen LogP contribution in [-0.4, -0.2) is 62.4 Å². The Morgan fingerprint density at radius 1 is 1.11 bits per heavy atom. The highest BCUT2D eigenvalue weighted by Gasteiger charge is 2.43. The summed E-state index contributed by atoms with van der Waals surface area (Å²) in [6, 6.07) is 6.93. The number of hydrogen-bond acceptors (Lipinski definition) is 8. The van der Waals surface area contributed by atoms with E-state index in [2.05, 4.69) is 22.0 Å². The van der Waals surface area contributed by atoms with Crippen LogP contribution in [0.25, 0.3) is 5.69 Å². The van der Waals surface area contributed by atoms with Gasteiger partial charge in [0.1, 0.15) is 11.6 Å². The Morgan fingerprint density at radius 2 is 1.89 bits per heavy atom. The van der Waals surface area contributed by atoms with Gasteiger partial charge in [-0.1, -0.05) is 37.5 Å². The number of hydrogen-bond donors (Lipinski definition) is 2. The molecule has 2 aliphatic heterocycles. The molecular weight excluding hydrogens is 564 g/mol. The van der Waals surface area contributed by atoms with Gasteiger partial charge in [0.05, 0.1) is 12.0 Å². The van der Waals surface area contributed by atoms with Gasteiger partial charge in [0.25, 0.3) is 0 Å². The molecule has 236 valence electrons. The van der Waals surface area contributed by atoms with Crippen molar-refractivity contribution in [1.82, 2.24) is 19.8 Å². The highest BCUT2D eigenvalue weighted by Crippen LogP contribution is 2.39. The van der Waals surface area contributed by atoms with Crippen molar-refractivity contribution < 1.29 is 28.3 Å². The summed E-state index contributed by atoms with van der Waals surface area (Å²) in [7, 11) is 0. The molecule has 2 N–H and O–H groups in total. The van der Waals surface area contributed by atoms with Gasteiger partial charge in [-0.3, -0.25) is 9.69 Å². The summed E-state index contributed by atoms with van der Waals surface area (Å²) in [5, 5.41) is 13.7. The Balaban J connectivity index is 1.35. The number of alkyl carbamates (subject to hydrolysis) is 1. The molecule has 11 heteroatoms. The standard InChI is InChI=1S/C33H42N4O7/c1-33(2,3)44-31(40)35-22-15-16-36(18-22)28(30(38)39)23(17-26-29(43-32(41)42-26)21-10-5-4-6-11-21)27-25-14-13-20-9-7-8-12-24(20)37(25)19-34-27/h7-9,12,19,21-23,28H,4-6,10-11,13-18H2,1-3H3,(H,35,40)(H,38,39)/t22-,23?,28-/m0/s1. The molecule has 1 aliphatic carbocycles. The van der Waals surface area contributed by atoms with E-state index in [1.165, 1.54) is 5.56 Å². The molecule has 2 fully saturated rings. The summed E-state index contributed by atoms with van der Waals surface area (Å²) in [5.74, 6) is -1.33. The average Bonchev–Trinajstić information content (AvgIpc) is 3.70. The SMILES string of the molecule is CC(C)(C)OC(=O)N[C@H]1CCN([C@H](C(=O)O)C(Cc2oc(=O)oc2C2CCCCC2)c2ncn3c2CCc2ccccc2-3)C1. The summed E-state index contributed by atoms with van der Waals surface area (Å²) in [4.78, 5) is 44.9. The van der Waals surface area contributed by atoms with Crippen molar-refractivity contribution in [1.29, 1.82) is 0 Å². The van der Waals surface area contributed by atoms with Gasteiger partial charge in [0.15, 0.2) is 11.5 Å². The van der Waals surface area contributed by atoms with Crippen LogP contribution in [-0.2, 0) is 28.8 Å². The molecule has 2 aromatic heterocycles. The largest absolute Gasteiger partial charge is 0.519 e. The van der Waals surface area contributed by atoms with Crippen LogP contribution in [0.3, 0.4) is 0 Å². The first-order chi connectivity index (χ1) is 21.1. The van der Waals surface area contributed by atoms with Crippen LogP contribution in [0.5, 0.6) is 0 Å². The number of nitrogens with zero attached hydrogens (tertiary/aromatic N) is 3. The second-order valence-electron chi connectivity index (χ2n) is 13.4. The number of nitrogens with one attached hydrogen (secondary N) is 1. The van der Waals surface area contributed by atoms with Crippen LogP contribution in [0.2, 0.25) is 0 Å². The summed E-state index contributed by atoms with van der Waals surface area (Å²) in [5.41, 5.74) is 3.27. The highest BCUT2D eigenvalue weighted by molar-refractivity contribution is 5.75. The Bertz CT molecular complexity index is 1560. The number of fused-ring (bicyclic) bond motifs is 3. The summed E-state index contributed by atoms with van der Waals surface area (Å²) in [6.45, 7) is 6.23. The number of amides is 1. The molecule has 0 bridgehead atoms. The van der Waals surface area contributed by atoms with Crippen LogP contribution in [0.4, 0.5) is 4.79 Å². The predicted octanol–water partition coefficient (Wildman–Crippen LogP) is 4.94. The maximum absolute atomic E-state index is 13.2. The van der Waals surface area contributed by atoms with Crippen molar-refractivity contribution in [3.8, 4) is 5.69 Å². The predicted molar refractivity (Wildman–Crippen MR) is 161 cm³/mol. The van der Waals surface area contributed by atoms with Crippen molar-refractivity contribution in [3.05, 3.63) is 69.7 Å².